The van der Waals surface area contributed by atoms with Crippen LogP contribution in [0.15, 0.2) is 24.3 Å². The van der Waals surface area contributed by atoms with E-state index in [4.69, 9.17) is 4.74 Å². The van der Waals surface area contributed by atoms with Gasteiger partial charge >= 0.3 is 0 Å². The minimum atomic E-state index is -0.160. The first-order valence-corrected chi connectivity index (χ1v) is 9.25. The molecule has 6 nitrogen and oxygen atoms in total. The zero-order valence-corrected chi connectivity index (χ0v) is 16.9. The molecule has 0 bridgehead atoms. The van der Waals surface area contributed by atoms with Crippen LogP contribution in [0.3, 0.4) is 0 Å². The number of hydrogen-bond donors (Lipinski definition) is 1. The molecule has 26 heavy (non-hydrogen) atoms. The number of carbonyl (C=O) groups is 2. The molecule has 0 saturated carbocycles. The van der Waals surface area contributed by atoms with E-state index in [0.717, 1.165) is 12.8 Å². The number of rotatable bonds is 10. The number of ether oxygens (including phenoxy) is 1. The number of hydrogen-bond acceptors (Lipinski definition) is 4. The monoisotopic (exact) mass is 363 g/mol. The fraction of sp³-hybridized carbons (Fsp3) is 0.600. The molecule has 2 atom stereocenters. The Labute approximate surface area is 157 Å². The predicted octanol–water partition coefficient (Wildman–Crippen LogP) is 2.99. The highest BCUT2D eigenvalue weighted by atomic mass is 16.5. The van der Waals surface area contributed by atoms with Crippen LogP contribution in [0.2, 0.25) is 0 Å². The Morgan fingerprint density at radius 1 is 1.12 bits per heavy atom. The molecule has 0 saturated heterocycles. The van der Waals surface area contributed by atoms with Crippen LogP contribution in [0.5, 0.6) is 5.75 Å². The molecule has 0 fully saturated rings. The number of nitrogens with one attached hydrogen (secondary N) is 1. The van der Waals surface area contributed by atoms with Gasteiger partial charge in [-0.2, -0.15) is 0 Å². The molecule has 0 heterocycles. The average molecular weight is 364 g/mol. The van der Waals surface area contributed by atoms with E-state index in [1.807, 2.05) is 17.0 Å². The van der Waals surface area contributed by atoms with Gasteiger partial charge < -0.3 is 15.0 Å². The fourth-order valence-electron chi connectivity index (χ4n) is 2.83. The molecular formula is C20H33N3O3. The summed E-state index contributed by atoms with van der Waals surface area (Å²) < 4.78 is 5.15. The van der Waals surface area contributed by atoms with Gasteiger partial charge in [-0.25, -0.2) is 0 Å². The fourth-order valence-corrected chi connectivity index (χ4v) is 2.83. The highest BCUT2D eigenvalue weighted by molar-refractivity contribution is 5.92. The van der Waals surface area contributed by atoms with Crippen LogP contribution < -0.4 is 10.1 Å². The number of anilines is 1. The van der Waals surface area contributed by atoms with Gasteiger partial charge in [-0.05, 0) is 45.9 Å². The van der Waals surface area contributed by atoms with Crippen molar-refractivity contribution in [2.75, 3.05) is 32.6 Å². The number of carbonyl (C=O) groups excluding carboxylic acids is 2. The van der Waals surface area contributed by atoms with Gasteiger partial charge in [-0.3, -0.25) is 14.5 Å². The lowest BCUT2D eigenvalue weighted by Crippen LogP contribution is -2.49. The van der Waals surface area contributed by atoms with Crippen molar-refractivity contribution in [3.05, 3.63) is 24.3 Å². The van der Waals surface area contributed by atoms with Crippen molar-refractivity contribution in [2.24, 2.45) is 0 Å². The van der Waals surface area contributed by atoms with Crippen LogP contribution in [0, 0.1) is 0 Å². The smallest absolute Gasteiger partial charge is 0.238 e. The maximum absolute atomic E-state index is 12.7. The average Bonchev–Trinajstić information content (AvgIpc) is 2.61. The minimum Gasteiger partial charge on any atom is -0.497 e. The van der Waals surface area contributed by atoms with Gasteiger partial charge in [0.05, 0.1) is 20.2 Å². The van der Waals surface area contributed by atoms with Crippen molar-refractivity contribution >= 4 is 17.5 Å². The van der Waals surface area contributed by atoms with E-state index in [1.54, 1.807) is 31.2 Å². The second-order valence-electron chi connectivity index (χ2n) is 6.77. The van der Waals surface area contributed by atoms with Crippen LogP contribution in [-0.4, -0.2) is 60.9 Å². The number of methoxy groups -OCH3 is 1. The Bertz CT molecular complexity index is 581. The maximum atomic E-state index is 12.7. The van der Waals surface area contributed by atoms with Crippen LogP contribution >= 0.6 is 0 Å². The van der Waals surface area contributed by atoms with Gasteiger partial charge in [0.25, 0.3) is 0 Å². The third kappa shape index (κ3) is 6.67. The van der Waals surface area contributed by atoms with Crippen molar-refractivity contribution in [3.8, 4) is 5.75 Å². The topological polar surface area (TPSA) is 61.9 Å². The molecule has 1 N–H and O–H groups in total. The highest BCUT2D eigenvalue weighted by Crippen LogP contribution is 2.16. The lowest BCUT2D eigenvalue weighted by molar-refractivity contribution is -0.136. The van der Waals surface area contributed by atoms with Crippen LogP contribution in [0.1, 0.15) is 40.5 Å². The second kappa shape index (κ2) is 10.8. The molecule has 1 aromatic rings. The molecule has 0 unspecified atom stereocenters. The first kappa shape index (κ1) is 22.0. The van der Waals surface area contributed by atoms with Crippen LogP contribution in [0.4, 0.5) is 5.69 Å². The Hall–Kier alpha value is -2.08. The van der Waals surface area contributed by atoms with E-state index in [1.165, 1.54) is 0 Å². The summed E-state index contributed by atoms with van der Waals surface area (Å²) in [6.45, 7) is 8.67. The van der Waals surface area contributed by atoms with Crippen molar-refractivity contribution in [3.63, 3.8) is 0 Å². The largest absolute Gasteiger partial charge is 0.497 e. The summed E-state index contributed by atoms with van der Waals surface area (Å²) in [6.07, 6.45) is 1.83. The van der Waals surface area contributed by atoms with E-state index in [0.29, 0.717) is 11.4 Å². The molecule has 2 amide bonds. The lowest BCUT2D eigenvalue weighted by Gasteiger charge is -2.35. The molecule has 0 spiro atoms. The summed E-state index contributed by atoms with van der Waals surface area (Å²) in [4.78, 5) is 28.6. The molecule has 6 heteroatoms. The van der Waals surface area contributed by atoms with Crippen LogP contribution in [-0.2, 0) is 9.59 Å². The van der Waals surface area contributed by atoms with Gasteiger partial charge in [0.15, 0.2) is 0 Å². The van der Waals surface area contributed by atoms with Crippen molar-refractivity contribution in [1.82, 2.24) is 9.80 Å². The Morgan fingerprint density at radius 2 is 1.73 bits per heavy atom. The summed E-state index contributed by atoms with van der Waals surface area (Å²) in [5.74, 6) is 0.585. The summed E-state index contributed by atoms with van der Waals surface area (Å²) in [7, 11) is 3.37. The standard InChI is InChI=1S/C20H33N3O3/c1-7-15(3)23(16(4)8-2)20(25)14-22(5)13-19(24)21-17-10-9-11-18(12-17)26-6/h9-12,15-16H,7-8,13-14H2,1-6H3,(H,21,24)/t15-,16+. The summed E-state index contributed by atoms with van der Waals surface area (Å²) in [5, 5.41) is 2.83. The molecule has 146 valence electrons. The summed E-state index contributed by atoms with van der Waals surface area (Å²) in [5.41, 5.74) is 0.676. The van der Waals surface area contributed by atoms with Gasteiger partial charge in [0.2, 0.25) is 11.8 Å². The molecule has 1 aromatic carbocycles. The highest BCUT2D eigenvalue weighted by Gasteiger charge is 2.24. The molecule has 0 aliphatic rings. The Morgan fingerprint density at radius 3 is 2.27 bits per heavy atom. The van der Waals surface area contributed by atoms with E-state index >= 15 is 0 Å². The van der Waals surface area contributed by atoms with Crippen LogP contribution in [0.25, 0.3) is 0 Å². The van der Waals surface area contributed by atoms with E-state index < -0.39 is 0 Å². The van der Waals surface area contributed by atoms with Gasteiger partial charge in [0.1, 0.15) is 5.75 Å². The maximum Gasteiger partial charge on any atom is 0.238 e. The van der Waals surface area contributed by atoms with Gasteiger partial charge in [-0.1, -0.05) is 19.9 Å². The first-order chi connectivity index (χ1) is 12.3. The third-order valence-corrected chi connectivity index (χ3v) is 4.59. The Balaban J connectivity index is 2.61. The normalized spacial score (nSPS) is 13.2. The molecular weight excluding hydrogens is 330 g/mol. The predicted molar refractivity (Wildman–Crippen MR) is 105 cm³/mol. The first-order valence-electron chi connectivity index (χ1n) is 9.25. The molecule has 0 aliphatic heterocycles. The van der Waals surface area contributed by atoms with Crippen molar-refractivity contribution in [2.45, 2.75) is 52.6 Å². The van der Waals surface area contributed by atoms with E-state index in [9.17, 15) is 9.59 Å². The zero-order valence-electron chi connectivity index (χ0n) is 16.9. The second-order valence-corrected chi connectivity index (χ2v) is 6.77. The number of benzene rings is 1. The zero-order chi connectivity index (χ0) is 19.7. The molecule has 0 aliphatic carbocycles. The van der Waals surface area contributed by atoms with Crippen molar-refractivity contribution < 1.29 is 14.3 Å². The SMILES string of the molecule is CC[C@@H](C)N(C(=O)CN(C)CC(=O)Nc1cccc(OC)c1)[C@@H](C)CC. The summed E-state index contributed by atoms with van der Waals surface area (Å²) >= 11 is 0. The van der Waals surface area contributed by atoms with Gasteiger partial charge in [-0.15, -0.1) is 0 Å². The summed E-state index contributed by atoms with van der Waals surface area (Å²) in [6, 6.07) is 7.58. The molecule has 0 radical (unpaired) electrons. The Kier molecular flexibility index (Phi) is 9.13. The molecule has 0 aromatic heterocycles. The van der Waals surface area contributed by atoms with E-state index in [2.05, 4.69) is 33.0 Å². The van der Waals surface area contributed by atoms with Gasteiger partial charge in [0, 0.05) is 23.8 Å². The van der Waals surface area contributed by atoms with Crippen molar-refractivity contribution in [1.29, 1.82) is 0 Å². The third-order valence-electron chi connectivity index (χ3n) is 4.59. The quantitative estimate of drug-likeness (QED) is 0.694. The number of nitrogens with zero attached hydrogens (tertiary/aromatic N) is 2. The number of likely N-dealkylation sites (N-methyl/N-ethyl adjacent to an activating group) is 1. The minimum absolute atomic E-state index is 0.0605. The number of amides is 2. The lowest BCUT2D eigenvalue weighted by atomic mass is 10.1. The molecule has 1 rings (SSSR count). The van der Waals surface area contributed by atoms with E-state index in [-0.39, 0.29) is 37.0 Å².